The topological polar surface area (TPSA) is 168 Å². The van der Waals surface area contributed by atoms with Gasteiger partial charge in [-0.1, -0.05) is 11.8 Å². The number of aliphatic hydroxyl groups excluding tert-OH is 2. The number of aliphatic hydroxyl groups is 2. The van der Waals surface area contributed by atoms with Crippen LogP contribution in [0.25, 0.3) is 0 Å². The number of benzene rings is 2. The molecule has 2 aromatic carbocycles. The average molecular weight is 438 g/mol. The summed E-state index contributed by atoms with van der Waals surface area (Å²) >= 11 is 0. The molecular formula is C23H26N4O5. The molecule has 0 fully saturated rings. The van der Waals surface area contributed by atoms with Crippen molar-refractivity contribution in [2.24, 2.45) is 11.5 Å². The SMILES string of the molecule is C[C@@H](O)[C@H](NC(=O)c1ccc(C#Cc2ccc(NC(=O)[C@@H](N)CN)cc2)cc1)C(=O)CO. The van der Waals surface area contributed by atoms with Gasteiger partial charge >= 0.3 is 0 Å². The normalized spacial score (nSPS) is 13.2. The monoisotopic (exact) mass is 438 g/mol. The van der Waals surface area contributed by atoms with Gasteiger partial charge in [0.2, 0.25) is 5.91 Å². The van der Waals surface area contributed by atoms with E-state index < -0.39 is 36.5 Å². The number of nitrogens with two attached hydrogens (primary N) is 2. The maximum absolute atomic E-state index is 12.3. The molecule has 168 valence electrons. The van der Waals surface area contributed by atoms with Crippen molar-refractivity contribution in [3.05, 3.63) is 65.2 Å². The second-order valence-corrected chi connectivity index (χ2v) is 7.05. The highest BCUT2D eigenvalue weighted by atomic mass is 16.3. The lowest BCUT2D eigenvalue weighted by Gasteiger charge is -2.19. The summed E-state index contributed by atoms with van der Waals surface area (Å²) in [6.45, 7) is 0.628. The molecule has 0 aliphatic rings. The van der Waals surface area contributed by atoms with Crippen molar-refractivity contribution in [1.29, 1.82) is 0 Å². The molecule has 0 heterocycles. The minimum atomic E-state index is -1.19. The molecule has 9 heteroatoms. The first-order chi connectivity index (χ1) is 15.2. The van der Waals surface area contributed by atoms with Crippen LogP contribution in [0, 0.1) is 11.8 Å². The van der Waals surface area contributed by atoms with Gasteiger partial charge in [-0.15, -0.1) is 0 Å². The van der Waals surface area contributed by atoms with E-state index in [0.29, 0.717) is 11.3 Å². The Kier molecular flexibility index (Phi) is 9.07. The van der Waals surface area contributed by atoms with Crippen LogP contribution in [0.5, 0.6) is 0 Å². The van der Waals surface area contributed by atoms with Crippen LogP contribution in [0.15, 0.2) is 48.5 Å². The van der Waals surface area contributed by atoms with E-state index >= 15 is 0 Å². The molecule has 2 amide bonds. The van der Waals surface area contributed by atoms with Crippen molar-refractivity contribution in [2.75, 3.05) is 18.5 Å². The second-order valence-electron chi connectivity index (χ2n) is 7.05. The molecule has 0 aromatic heterocycles. The minimum absolute atomic E-state index is 0.0533. The van der Waals surface area contributed by atoms with Crippen LogP contribution in [0.4, 0.5) is 5.69 Å². The number of anilines is 1. The number of Topliss-reactive ketones (excluding diaryl/α,β-unsaturated/α-hetero) is 1. The van der Waals surface area contributed by atoms with Crippen molar-refractivity contribution in [3.63, 3.8) is 0 Å². The van der Waals surface area contributed by atoms with E-state index in [2.05, 4.69) is 22.5 Å². The van der Waals surface area contributed by atoms with Gasteiger partial charge in [0.05, 0.1) is 12.1 Å². The number of hydrogen-bond acceptors (Lipinski definition) is 7. The first-order valence-corrected chi connectivity index (χ1v) is 9.86. The van der Waals surface area contributed by atoms with E-state index in [-0.39, 0.29) is 18.0 Å². The predicted octanol–water partition coefficient (Wildman–Crippen LogP) is -0.648. The maximum Gasteiger partial charge on any atom is 0.251 e. The van der Waals surface area contributed by atoms with Crippen molar-refractivity contribution in [2.45, 2.75) is 25.1 Å². The number of rotatable bonds is 8. The molecule has 0 aliphatic heterocycles. The van der Waals surface area contributed by atoms with Crippen LogP contribution >= 0.6 is 0 Å². The molecule has 0 radical (unpaired) electrons. The molecule has 0 saturated heterocycles. The average Bonchev–Trinajstić information content (AvgIpc) is 2.80. The van der Waals surface area contributed by atoms with Crippen LogP contribution in [0.3, 0.4) is 0 Å². The van der Waals surface area contributed by atoms with Crippen LogP contribution in [0.1, 0.15) is 28.4 Å². The Morgan fingerprint density at radius 1 is 1.00 bits per heavy atom. The minimum Gasteiger partial charge on any atom is -0.391 e. The van der Waals surface area contributed by atoms with Gasteiger partial charge in [-0.05, 0) is 55.5 Å². The lowest BCUT2D eigenvalue weighted by molar-refractivity contribution is -0.126. The summed E-state index contributed by atoms with van der Waals surface area (Å²) in [5.41, 5.74) is 13.2. The van der Waals surface area contributed by atoms with Crippen molar-refractivity contribution in [1.82, 2.24) is 5.32 Å². The summed E-state index contributed by atoms with van der Waals surface area (Å²) in [5.74, 6) is 4.35. The molecule has 0 aliphatic carbocycles. The van der Waals surface area contributed by atoms with Crippen molar-refractivity contribution < 1.29 is 24.6 Å². The van der Waals surface area contributed by atoms with Crippen LogP contribution in [-0.4, -0.2) is 59.1 Å². The zero-order valence-electron chi connectivity index (χ0n) is 17.5. The second kappa shape index (κ2) is 11.7. The Hall–Kier alpha value is -3.55. The Morgan fingerprint density at radius 2 is 1.53 bits per heavy atom. The molecule has 2 aromatic rings. The van der Waals surface area contributed by atoms with Crippen molar-refractivity contribution >= 4 is 23.3 Å². The third kappa shape index (κ3) is 7.01. The Balaban J connectivity index is 2.02. The van der Waals surface area contributed by atoms with Crippen LogP contribution < -0.4 is 22.1 Å². The first kappa shape index (κ1) is 24.7. The Bertz CT molecular complexity index is 1010. The molecule has 9 nitrogen and oxygen atoms in total. The highest BCUT2D eigenvalue weighted by Gasteiger charge is 2.25. The van der Waals surface area contributed by atoms with E-state index in [0.717, 1.165) is 5.56 Å². The summed E-state index contributed by atoms with van der Waals surface area (Å²) in [6, 6.07) is 11.3. The van der Waals surface area contributed by atoms with Gasteiger partial charge in [0, 0.05) is 28.9 Å². The highest BCUT2D eigenvalue weighted by Crippen LogP contribution is 2.10. The van der Waals surface area contributed by atoms with Gasteiger partial charge < -0.3 is 32.3 Å². The summed E-state index contributed by atoms with van der Waals surface area (Å²) < 4.78 is 0. The van der Waals surface area contributed by atoms with Crippen LogP contribution in [0.2, 0.25) is 0 Å². The molecule has 3 atom stereocenters. The number of carbonyl (C=O) groups is 3. The zero-order valence-corrected chi connectivity index (χ0v) is 17.5. The van der Waals surface area contributed by atoms with E-state index in [4.69, 9.17) is 16.6 Å². The molecule has 0 spiro atoms. The maximum atomic E-state index is 12.3. The molecule has 0 saturated carbocycles. The number of nitrogens with one attached hydrogen (secondary N) is 2. The fourth-order valence-electron chi connectivity index (χ4n) is 2.62. The molecule has 2 rings (SSSR count). The van der Waals surface area contributed by atoms with Crippen LogP contribution in [-0.2, 0) is 9.59 Å². The molecule has 32 heavy (non-hydrogen) atoms. The third-order valence-corrected chi connectivity index (χ3v) is 4.51. The van der Waals surface area contributed by atoms with E-state index in [9.17, 15) is 19.5 Å². The van der Waals surface area contributed by atoms with Gasteiger partial charge in [0.25, 0.3) is 5.91 Å². The standard InChI is InChI=1S/C23H26N4O5/c1-14(29)21(20(30)13-28)27-22(31)17-8-4-15(5-9-17)2-3-16-6-10-18(11-7-16)26-23(32)19(25)12-24/h4-11,14,19,21,28-29H,12-13,24-25H2,1H3,(H,26,32)(H,27,31)/t14-,19+,21+/m1/s1. The van der Waals surface area contributed by atoms with Gasteiger partial charge in [-0.25, -0.2) is 0 Å². The first-order valence-electron chi connectivity index (χ1n) is 9.86. The fraction of sp³-hybridized carbons (Fsp3) is 0.261. The third-order valence-electron chi connectivity index (χ3n) is 4.51. The van der Waals surface area contributed by atoms with Gasteiger partial charge in [-0.2, -0.15) is 0 Å². The lowest BCUT2D eigenvalue weighted by atomic mass is 10.1. The molecule has 8 N–H and O–H groups in total. The fourth-order valence-corrected chi connectivity index (χ4v) is 2.62. The highest BCUT2D eigenvalue weighted by molar-refractivity contribution is 5.98. The molecular weight excluding hydrogens is 412 g/mol. The largest absolute Gasteiger partial charge is 0.391 e. The number of carbonyl (C=O) groups excluding carboxylic acids is 3. The summed E-state index contributed by atoms with van der Waals surface area (Å²) in [4.78, 5) is 35.7. The number of hydrogen-bond donors (Lipinski definition) is 6. The van der Waals surface area contributed by atoms with Crippen molar-refractivity contribution in [3.8, 4) is 11.8 Å². The summed E-state index contributed by atoms with van der Waals surface area (Å²) in [6.07, 6.45) is -1.14. The molecule has 0 bridgehead atoms. The van der Waals surface area contributed by atoms with Gasteiger partial charge in [-0.3, -0.25) is 14.4 Å². The zero-order chi connectivity index (χ0) is 23.7. The van der Waals surface area contributed by atoms with E-state index in [1.807, 2.05) is 0 Å². The predicted molar refractivity (Wildman–Crippen MR) is 120 cm³/mol. The lowest BCUT2D eigenvalue weighted by Crippen LogP contribution is -2.48. The van der Waals surface area contributed by atoms with E-state index in [1.54, 1.807) is 48.5 Å². The number of amides is 2. The Morgan fingerprint density at radius 3 is 2.00 bits per heavy atom. The van der Waals surface area contributed by atoms with E-state index in [1.165, 1.54) is 6.92 Å². The summed E-state index contributed by atoms with van der Waals surface area (Å²) in [5, 5.41) is 23.7. The smallest absolute Gasteiger partial charge is 0.251 e. The quantitative estimate of drug-likeness (QED) is 0.298. The van der Waals surface area contributed by atoms with Gasteiger partial charge in [0.15, 0.2) is 5.78 Å². The Labute approximate surface area is 185 Å². The number of ketones is 1. The van der Waals surface area contributed by atoms with Gasteiger partial charge in [0.1, 0.15) is 12.6 Å². The molecule has 0 unspecified atom stereocenters. The summed E-state index contributed by atoms with van der Waals surface area (Å²) in [7, 11) is 0.